The number of rotatable bonds is 9. The van der Waals surface area contributed by atoms with E-state index in [1.165, 1.54) is 0 Å². The normalized spacial score (nSPS) is 11.2. The summed E-state index contributed by atoms with van der Waals surface area (Å²) >= 11 is 0. The van der Waals surface area contributed by atoms with Gasteiger partial charge in [-0.15, -0.1) is 0 Å². The Morgan fingerprint density at radius 3 is 1.94 bits per heavy atom. The van der Waals surface area contributed by atoms with Crippen molar-refractivity contribution in [1.82, 2.24) is 5.32 Å². The summed E-state index contributed by atoms with van der Waals surface area (Å²) in [7, 11) is 0. The van der Waals surface area contributed by atoms with Crippen molar-refractivity contribution < 1.29 is 14.7 Å². The SMILES string of the molecule is CCCCC(CCCC)(NC(=O)CN)C(=O)O. The lowest BCUT2D eigenvalue weighted by atomic mass is 9.87. The first-order chi connectivity index (χ1) is 8.02. The lowest BCUT2D eigenvalue weighted by molar-refractivity contribution is -0.148. The van der Waals surface area contributed by atoms with E-state index in [1.54, 1.807) is 0 Å². The Kier molecular flexibility index (Phi) is 7.54. The highest BCUT2D eigenvalue weighted by Crippen LogP contribution is 2.22. The Labute approximate surface area is 103 Å². The topological polar surface area (TPSA) is 92.4 Å². The lowest BCUT2D eigenvalue weighted by Crippen LogP contribution is -2.56. The van der Waals surface area contributed by atoms with Crippen molar-refractivity contribution in [2.75, 3.05) is 6.54 Å². The van der Waals surface area contributed by atoms with Gasteiger partial charge < -0.3 is 16.2 Å². The molecule has 5 heteroatoms. The summed E-state index contributed by atoms with van der Waals surface area (Å²) in [6.07, 6.45) is 4.29. The highest BCUT2D eigenvalue weighted by molar-refractivity contribution is 5.87. The standard InChI is InChI=1S/C12H24N2O3/c1-3-5-7-12(11(16)17,8-6-4-2)14-10(15)9-13/h3-9,13H2,1-2H3,(H,14,15)(H,16,17). The zero-order valence-corrected chi connectivity index (χ0v) is 10.8. The van der Waals surface area contributed by atoms with Gasteiger partial charge in [0.2, 0.25) is 5.91 Å². The second-order valence-electron chi connectivity index (χ2n) is 4.35. The Morgan fingerprint density at radius 1 is 1.18 bits per heavy atom. The largest absolute Gasteiger partial charge is 0.480 e. The van der Waals surface area contributed by atoms with Crippen molar-refractivity contribution >= 4 is 11.9 Å². The fraction of sp³-hybridized carbons (Fsp3) is 0.833. The molecule has 0 rings (SSSR count). The highest BCUT2D eigenvalue weighted by atomic mass is 16.4. The molecule has 0 heterocycles. The van der Waals surface area contributed by atoms with Crippen molar-refractivity contribution in [3.05, 3.63) is 0 Å². The van der Waals surface area contributed by atoms with Gasteiger partial charge in [-0.05, 0) is 12.8 Å². The molecular weight excluding hydrogens is 220 g/mol. The van der Waals surface area contributed by atoms with E-state index < -0.39 is 17.4 Å². The molecule has 0 unspecified atom stereocenters. The van der Waals surface area contributed by atoms with Gasteiger partial charge in [0.1, 0.15) is 5.54 Å². The van der Waals surface area contributed by atoms with E-state index in [0.29, 0.717) is 12.8 Å². The monoisotopic (exact) mass is 244 g/mol. The van der Waals surface area contributed by atoms with Crippen molar-refractivity contribution in [3.63, 3.8) is 0 Å². The molecule has 0 fully saturated rings. The number of nitrogens with one attached hydrogen (secondary N) is 1. The maximum absolute atomic E-state index is 11.4. The zero-order chi connectivity index (χ0) is 13.3. The number of hydrogen-bond acceptors (Lipinski definition) is 3. The predicted molar refractivity (Wildman–Crippen MR) is 66.6 cm³/mol. The molecule has 4 N–H and O–H groups in total. The van der Waals surface area contributed by atoms with Gasteiger partial charge in [-0.25, -0.2) is 4.79 Å². The van der Waals surface area contributed by atoms with Crippen LogP contribution in [0, 0.1) is 0 Å². The van der Waals surface area contributed by atoms with Gasteiger partial charge in [-0.3, -0.25) is 4.79 Å². The Hall–Kier alpha value is -1.10. The van der Waals surface area contributed by atoms with Crippen LogP contribution in [0.2, 0.25) is 0 Å². The first-order valence-corrected chi connectivity index (χ1v) is 6.26. The van der Waals surface area contributed by atoms with Crippen LogP contribution in [0.4, 0.5) is 0 Å². The summed E-state index contributed by atoms with van der Waals surface area (Å²) in [5.74, 6) is -1.36. The zero-order valence-electron chi connectivity index (χ0n) is 10.8. The number of nitrogens with two attached hydrogens (primary N) is 1. The number of carbonyl (C=O) groups is 2. The number of carbonyl (C=O) groups excluding carboxylic acids is 1. The molecule has 0 aromatic carbocycles. The van der Waals surface area contributed by atoms with Crippen molar-refractivity contribution in [2.45, 2.75) is 57.9 Å². The van der Waals surface area contributed by atoms with Gasteiger partial charge in [0.15, 0.2) is 0 Å². The lowest BCUT2D eigenvalue weighted by Gasteiger charge is -2.30. The van der Waals surface area contributed by atoms with Gasteiger partial charge in [-0.1, -0.05) is 39.5 Å². The van der Waals surface area contributed by atoms with Gasteiger partial charge in [0.05, 0.1) is 6.54 Å². The molecule has 100 valence electrons. The Balaban J connectivity index is 4.80. The van der Waals surface area contributed by atoms with Gasteiger partial charge in [-0.2, -0.15) is 0 Å². The van der Waals surface area contributed by atoms with E-state index in [4.69, 9.17) is 5.73 Å². The smallest absolute Gasteiger partial charge is 0.329 e. The molecular formula is C12H24N2O3. The van der Waals surface area contributed by atoms with E-state index in [0.717, 1.165) is 25.7 Å². The minimum atomic E-state index is -1.14. The number of aliphatic carboxylic acids is 1. The highest BCUT2D eigenvalue weighted by Gasteiger charge is 2.38. The van der Waals surface area contributed by atoms with Gasteiger partial charge >= 0.3 is 5.97 Å². The third kappa shape index (κ3) is 5.17. The summed E-state index contributed by atoms with van der Waals surface area (Å²) in [6, 6.07) is 0. The summed E-state index contributed by atoms with van der Waals surface area (Å²) in [4.78, 5) is 22.8. The average molecular weight is 244 g/mol. The molecule has 5 nitrogen and oxygen atoms in total. The fourth-order valence-corrected chi connectivity index (χ4v) is 1.79. The van der Waals surface area contributed by atoms with E-state index in [9.17, 15) is 14.7 Å². The van der Waals surface area contributed by atoms with Crippen LogP contribution >= 0.6 is 0 Å². The van der Waals surface area contributed by atoms with Gasteiger partial charge in [0, 0.05) is 0 Å². The second kappa shape index (κ2) is 8.06. The maximum Gasteiger partial charge on any atom is 0.329 e. The molecule has 0 radical (unpaired) electrons. The number of carboxylic acid groups (broad SMARTS) is 1. The molecule has 0 aromatic rings. The summed E-state index contributed by atoms with van der Waals surface area (Å²) < 4.78 is 0. The van der Waals surface area contributed by atoms with E-state index in [1.807, 2.05) is 13.8 Å². The van der Waals surface area contributed by atoms with Crippen molar-refractivity contribution in [1.29, 1.82) is 0 Å². The van der Waals surface area contributed by atoms with Crippen LogP contribution in [0.25, 0.3) is 0 Å². The minimum Gasteiger partial charge on any atom is -0.480 e. The maximum atomic E-state index is 11.4. The molecule has 0 aliphatic carbocycles. The number of amides is 1. The fourth-order valence-electron chi connectivity index (χ4n) is 1.79. The third-order valence-electron chi connectivity index (χ3n) is 2.89. The number of carboxylic acids is 1. The molecule has 0 aliphatic rings. The van der Waals surface area contributed by atoms with Gasteiger partial charge in [0.25, 0.3) is 0 Å². The van der Waals surface area contributed by atoms with Crippen LogP contribution in [0.3, 0.4) is 0 Å². The number of unbranched alkanes of at least 4 members (excludes halogenated alkanes) is 2. The predicted octanol–water partition coefficient (Wildman–Crippen LogP) is 1.27. The van der Waals surface area contributed by atoms with Crippen molar-refractivity contribution in [2.24, 2.45) is 5.73 Å². The van der Waals surface area contributed by atoms with E-state index >= 15 is 0 Å². The molecule has 1 amide bonds. The number of hydrogen-bond donors (Lipinski definition) is 3. The van der Waals surface area contributed by atoms with E-state index in [-0.39, 0.29) is 6.54 Å². The van der Waals surface area contributed by atoms with Crippen LogP contribution in [0.5, 0.6) is 0 Å². The molecule has 0 aromatic heterocycles. The van der Waals surface area contributed by atoms with Crippen molar-refractivity contribution in [3.8, 4) is 0 Å². The molecule has 0 aliphatic heterocycles. The average Bonchev–Trinajstić information content (AvgIpc) is 2.32. The first-order valence-electron chi connectivity index (χ1n) is 6.26. The van der Waals surface area contributed by atoms with Crippen LogP contribution in [-0.2, 0) is 9.59 Å². The quantitative estimate of drug-likeness (QED) is 0.569. The van der Waals surface area contributed by atoms with Crippen LogP contribution in [0.15, 0.2) is 0 Å². The van der Waals surface area contributed by atoms with Crippen LogP contribution in [0.1, 0.15) is 52.4 Å². The minimum absolute atomic E-state index is 0.173. The third-order valence-corrected chi connectivity index (χ3v) is 2.89. The molecule has 0 saturated carbocycles. The summed E-state index contributed by atoms with van der Waals surface area (Å²) in [5, 5.41) is 12.0. The van der Waals surface area contributed by atoms with Crippen LogP contribution < -0.4 is 11.1 Å². The molecule has 0 spiro atoms. The molecule has 0 atom stereocenters. The summed E-state index contributed by atoms with van der Waals surface area (Å²) in [5.41, 5.74) is 4.10. The molecule has 17 heavy (non-hydrogen) atoms. The summed E-state index contributed by atoms with van der Waals surface area (Å²) in [6.45, 7) is 3.82. The molecule has 0 bridgehead atoms. The second-order valence-corrected chi connectivity index (χ2v) is 4.35. The Morgan fingerprint density at radius 2 is 1.65 bits per heavy atom. The first kappa shape index (κ1) is 15.9. The Bertz CT molecular complexity index is 246. The van der Waals surface area contributed by atoms with E-state index in [2.05, 4.69) is 5.32 Å². The van der Waals surface area contributed by atoms with Crippen LogP contribution in [-0.4, -0.2) is 29.1 Å². The molecule has 0 saturated heterocycles.